The monoisotopic (exact) mass is 221 g/mol. The van der Waals surface area contributed by atoms with E-state index in [0.717, 1.165) is 30.4 Å². The maximum atomic E-state index is 10.0. The van der Waals surface area contributed by atoms with Crippen molar-refractivity contribution in [2.45, 2.75) is 31.8 Å². The van der Waals surface area contributed by atoms with Crippen LogP contribution in [0.2, 0.25) is 0 Å². The van der Waals surface area contributed by atoms with Gasteiger partial charge in [-0.15, -0.1) is 0 Å². The zero-order valence-electron chi connectivity index (χ0n) is 9.66. The minimum absolute atomic E-state index is 0.225. The van der Waals surface area contributed by atoms with E-state index in [4.69, 9.17) is 0 Å². The molecule has 0 aromatic heterocycles. The van der Waals surface area contributed by atoms with Crippen LogP contribution in [0.1, 0.15) is 35.6 Å². The van der Waals surface area contributed by atoms with Gasteiger partial charge in [-0.2, -0.15) is 0 Å². The molecule has 3 N–H and O–H groups in total. The molecule has 0 amide bonds. The van der Waals surface area contributed by atoms with Gasteiger partial charge in [0.05, 0.1) is 6.10 Å². The van der Waals surface area contributed by atoms with Crippen molar-refractivity contribution < 1.29 is 10.2 Å². The Balaban J connectivity index is 2.41. The Labute approximate surface area is 96.1 Å². The number of hydrogen-bond acceptors (Lipinski definition) is 3. The second kappa shape index (κ2) is 4.85. The third-order valence-electron chi connectivity index (χ3n) is 3.28. The number of nitrogens with one attached hydrogen (secondary N) is 1. The van der Waals surface area contributed by atoms with E-state index in [1.165, 1.54) is 12.0 Å². The second-order valence-electron chi connectivity index (χ2n) is 4.42. The smallest absolute Gasteiger partial charge is 0.121 e. The highest BCUT2D eigenvalue weighted by Crippen LogP contribution is 2.34. The van der Waals surface area contributed by atoms with Gasteiger partial charge in [-0.3, -0.25) is 0 Å². The van der Waals surface area contributed by atoms with Crippen LogP contribution in [-0.4, -0.2) is 23.8 Å². The Morgan fingerprint density at radius 2 is 2.06 bits per heavy atom. The average Bonchev–Trinajstić information content (AvgIpc) is 2.29. The number of phenolic OH excluding ortho intramolecular Hbond substituents is 1. The Morgan fingerprint density at radius 3 is 2.81 bits per heavy atom. The summed E-state index contributed by atoms with van der Waals surface area (Å²) in [5.74, 6) is 0.225. The first-order chi connectivity index (χ1) is 7.74. The van der Waals surface area contributed by atoms with Crippen LogP contribution in [0.5, 0.6) is 5.75 Å². The van der Waals surface area contributed by atoms with E-state index in [2.05, 4.69) is 5.32 Å². The summed E-state index contributed by atoms with van der Waals surface area (Å²) >= 11 is 0. The molecule has 0 saturated carbocycles. The number of phenols is 1. The fourth-order valence-electron chi connectivity index (χ4n) is 2.51. The molecule has 0 saturated heterocycles. The molecule has 88 valence electrons. The first kappa shape index (κ1) is 11.4. The maximum Gasteiger partial charge on any atom is 0.121 e. The lowest BCUT2D eigenvalue weighted by atomic mass is 9.86. The van der Waals surface area contributed by atoms with Crippen molar-refractivity contribution in [2.75, 3.05) is 13.6 Å². The molecule has 3 heteroatoms. The average molecular weight is 221 g/mol. The Kier molecular flexibility index (Phi) is 3.46. The summed E-state index contributed by atoms with van der Waals surface area (Å²) in [6.07, 6.45) is 3.78. The standard InChI is InChI=1S/C13H19NO2/c1-14-8-12(16)13-10-5-3-2-4-9(10)6-7-11(13)15/h6-7,12,14-16H,2-5,8H2,1H3. The Hall–Kier alpha value is -1.06. The summed E-state index contributed by atoms with van der Waals surface area (Å²) in [5, 5.41) is 22.8. The highest BCUT2D eigenvalue weighted by atomic mass is 16.3. The largest absolute Gasteiger partial charge is 0.508 e. The van der Waals surface area contributed by atoms with E-state index >= 15 is 0 Å². The molecule has 0 heterocycles. The molecule has 1 aliphatic rings. The molecule has 0 aliphatic heterocycles. The number of aryl methyl sites for hydroxylation is 1. The van der Waals surface area contributed by atoms with Crippen LogP contribution < -0.4 is 5.32 Å². The molecular weight excluding hydrogens is 202 g/mol. The van der Waals surface area contributed by atoms with Crippen LogP contribution in [0.4, 0.5) is 0 Å². The number of benzene rings is 1. The van der Waals surface area contributed by atoms with Gasteiger partial charge in [-0.25, -0.2) is 0 Å². The van der Waals surface area contributed by atoms with Gasteiger partial charge in [0.2, 0.25) is 0 Å². The van der Waals surface area contributed by atoms with Crippen LogP contribution in [0.15, 0.2) is 12.1 Å². The van der Waals surface area contributed by atoms with E-state index < -0.39 is 6.10 Å². The Bertz CT molecular complexity index is 376. The lowest BCUT2D eigenvalue weighted by molar-refractivity contribution is 0.172. The highest BCUT2D eigenvalue weighted by molar-refractivity contribution is 5.47. The lowest BCUT2D eigenvalue weighted by Gasteiger charge is -2.23. The van der Waals surface area contributed by atoms with Crippen LogP contribution in [0, 0.1) is 0 Å². The molecule has 0 radical (unpaired) electrons. The zero-order valence-corrected chi connectivity index (χ0v) is 9.66. The van der Waals surface area contributed by atoms with Gasteiger partial charge in [-0.1, -0.05) is 6.07 Å². The molecule has 0 bridgehead atoms. The minimum Gasteiger partial charge on any atom is -0.508 e. The van der Waals surface area contributed by atoms with E-state index in [-0.39, 0.29) is 5.75 Å². The van der Waals surface area contributed by atoms with Gasteiger partial charge >= 0.3 is 0 Å². The molecule has 2 rings (SSSR count). The second-order valence-corrected chi connectivity index (χ2v) is 4.42. The van der Waals surface area contributed by atoms with Gasteiger partial charge in [0.25, 0.3) is 0 Å². The van der Waals surface area contributed by atoms with Crippen LogP contribution in [-0.2, 0) is 12.8 Å². The number of fused-ring (bicyclic) bond motifs is 1. The molecule has 0 fully saturated rings. The van der Waals surface area contributed by atoms with Crippen LogP contribution in [0.25, 0.3) is 0 Å². The highest BCUT2D eigenvalue weighted by Gasteiger charge is 2.21. The molecule has 3 nitrogen and oxygen atoms in total. The van der Waals surface area contributed by atoms with E-state index in [1.807, 2.05) is 6.07 Å². The first-order valence-corrected chi connectivity index (χ1v) is 5.90. The number of aliphatic hydroxyl groups excluding tert-OH is 1. The summed E-state index contributed by atoms with van der Waals surface area (Å²) in [4.78, 5) is 0. The van der Waals surface area contributed by atoms with Gasteiger partial charge in [0.15, 0.2) is 0 Å². The summed E-state index contributed by atoms with van der Waals surface area (Å²) < 4.78 is 0. The fraction of sp³-hybridized carbons (Fsp3) is 0.538. The van der Waals surface area contributed by atoms with Crippen LogP contribution >= 0.6 is 0 Å². The normalized spacial score (nSPS) is 16.9. The van der Waals surface area contributed by atoms with E-state index in [9.17, 15) is 10.2 Å². The predicted octanol–water partition coefficient (Wildman–Crippen LogP) is 1.52. The quantitative estimate of drug-likeness (QED) is 0.725. The van der Waals surface area contributed by atoms with Crippen molar-refractivity contribution in [2.24, 2.45) is 0 Å². The van der Waals surface area contributed by atoms with Gasteiger partial charge in [0.1, 0.15) is 5.75 Å². The van der Waals surface area contributed by atoms with Gasteiger partial charge in [0, 0.05) is 12.1 Å². The third kappa shape index (κ3) is 2.06. The molecular formula is C13H19NO2. The van der Waals surface area contributed by atoms with E-state index in [0.29, 0.717) is 6.54 Å². The number of rotatable bonds is 3. The fourth-order valence-corrected chi connectivity index (χ4v) is 2.51. The van der Waals surface area contributed by atoms with Crippen molar-refractivity contribution in [3.63, 3.8) is 0 Å². The topological polar surface area (TPSA) is 52.5 Å². The van der Waals surface area contributed by atoms with Crippen molar-refractivity contribution in [1.29, 1.82) is 0 Å². The van der Waals surface area contributed by atoms with Gasteiger partial charge in [-0.05, 0) is 49.9 Å². The molecule has 1 atom stereocenters. The van der Waals surface area contributed by atoms with E-state index in [1.54, 1.807) is 13.1 Å². The van der Waals surface area contributed by atoms with Crippen LogP contribution in [0.3, 0.4) is 0 Å². The van der Waals surface area contributed by atoms with Crippen molar-refractivity contribution >= 4 is 0 Å². The molecule has 1 aromatic rings. The molecule has 1 aliphatic carbocycles. The maximum absolute atomic E-state index is 10.0. The number of aliphatic hydroxyl groups is 1. The first-order valence-electron chi connectivity index (χ1n) is 5.90. The summed E-state index contributed by atoms with van der Waals surface area (Å²) in [6.45, 7) is 0.476. The summed E-state index contributed by atoms with van der Waals surface area (Å²) in [7, 11) is 1.80. The summed E-state index contributed by atoms with van der Waals surface area (Å²) in [5.41, 5.74) is 3.18. The molecule has 1 unspecified atom stereocenters. The molecule has 16 heavy (non-hydrogen) atoms. The number of likely N-dealkylation sites (N-methyl/N-ethyl adjacent to an activating group) is 1. The number of aromatic hydroxyl groups is 1. The SMILES string of the molecule is CNCC(O)c1c(O)ccc2c1CCCC2. The minimum atomic E-state index is -0.613. The zero-order chi connectivity index (χ0) is 11.5. The van der Waals surface area contributed by atoms with Crippen molar-refractivity contribution in [3.8, 4) is 5.75 Å². The number of hydrogen-bond donors (Lipinski definition) is 3. The van der Waals surface area contributed by atoms with Crippen molar-refractivity contribution in [3.05, 3.63) is 28.8 Å². The van der Waals surface area contributed by atoms with Crippen molar-refractivity contribution in [1.82, 2.24) is 5.32 Å². The molecule has 1 aromatic carbocycles. The summed E-state index contributed by atoms with van der Waals surface area (Å²) in [6, 6.07) is 3.69. The lowest BCUT2D eigenvalue weighted by Crippen LogP contribution is -2.19. The Morgan fingerprint density at radius 1 is 1.31 bits per heavy atom. The predicted molar refractivity (Wildman–Crippen MR) is 63.6 cm³/mol. The third-order valence-corrected chi connectivity index (χ3v) is 3.28. The van der Waals surface area contributed by atoms with Gasteiger partial charge < -0.3 is 15.5 Å². The molecule has 0 spiro atoms.